The van der Waals surface area contributed by atoms with Crippen LogP contribution in [0.15, 0.2) is 35.1 Å². The summed E-state index contributed by atoms with van der Waals surface area (Å²) < 4.78 is 5.24. The Morgan fingerprint density at radius 1 is 1.21 bits per heavy atom. The maximum absolute atomic E-state index is 12.7. The van der Waals surface area contributed by atoms with E-state index in [0.717, 1.165) is 19.3 Å². The maximum atomic E-state index is 12.7. The van der Waals surface area contributed by atoms with Crippen LogP contribution < -0.4 is 5.43 Å². The van der Waals surface area contributed by atoms with E-state index in [1.807, 2.05) is 4.90 Å². The molecule has 2 heterocycles. The van der Waals surface area contributed by atoms with Crippen molar-refractivity contribution in [3.8, 4) is 0 Å². The third-order valence-electron chi connectivity index (χ3n) is 6.02. The number of fused-ring (bicyclic) bond motifs is 3. The van der Waals surface area contributed by atoms with Gasteiger partial charge in [0.25, 0.3) is 5.91 Å². The Labute approximate surface area is 163 Å². The van der Waals surface area contributed by atoms with Crippen molar-refractivity contribution < 1.29 is 14.3 Å². The van der Waals surface area contributed by atoms with Crippen molar-refractivity contribution in [1.82, 2.24) is 9.88 Å². The lowest BCUT2D eigenvalue weighted by atomic mass is 9.65. The third-order valence-corrected chi connectivity index (χ3v) is 6.02. The Morgan fingerprint density at radius 3 is 2.75 bits per heavy atom. The van der Waals surface area contributed by atoms with E-state index in [2.05, 4.69) is 25.8 Å². The second-order valence-electron chi connectivity index (χ2n) is 9.40. The molecule has 6 nitrogen and oxygen atoms in total. The second kappa shape index (κ2) is 6.47. The van der Waals surface area contributed by atoms with E-state index in [9.17, 15) is 14.4 Å². The molecule has 1 saturated carbocycles. The predicted octanol–water partition coefficient (Wildman–Crippen LogP) is 3.11. The number of esters is 1. The highest BCUT2D eigenvalue weighted by Crippen LogP contribution is 2.52. The Bertz CT molecular complexity index is 1010. The molecule has 1 saturated heterocycles. The van der Waals surface area contributed by atoms with Crippen LogP contribution in [-0.2, 0) is 9.53 Å². The number of ether oxygens (including phenoxy) is 1. The molecule has 1 aromatic carbocycles. The van der Waals surface area contributed by atoms with E-state index in [1.54, 1.807) is 24.3 Å². The van der Waals surface area contributed by atoms with Crippen molar-refractivity contribution in [2.24, 2.45) is 10.8 Å². The number of nitrogens with zero attached hydrogens (tertiary/aromatic N) is 1. The highest BCUT2D eigenvalue weighted by molar-refractivity contribution is 5.92. The normalized spacial score (nSPS) is 25.7. The van der Waals surface area contributed by atoms with Crippen LogP contribution >= 0.6 is 0 Å². The van der Waals surface area contributed by atoms with Crippen LogP contribution in [-0.4, -0.2) is 41.0 Å². The Kier molecular flexibility index (Phi) is 4.32. The van der Waals surface area contributed by atoms with Crippen LogP contribution in [0.4, 0.5) is 0 Å². The predicted molar refractivity (Wildman–Crippen MR) is 106 cm³/mol. The molecule has 6 heteroatoms. The molecule has 1 aliphatic heterocycles. The number of nitrogens with one attached hydrogen (secondary N) is 1. The molecular weight excluding hydrogens is 356 g/mol. The molecular formula is C22H26N2O4. The lowest BCUT2D eigenvalue weighted by Gasteiger charge is -2.39. The van der Waals surface area contributed by atoms with Crippen LogP contribution in [0.3, 0.4) is 0 Å². The van der Waals surface area contributed by atoms with Crippen molar-refractivity contribution in [3.63, 3.8) is 0 Å². The highest BCUT2D eigenvalue weighted by Gasteiger charge is 2.50. The molecule has 2 aliphatic rings. The number of benzene rings is 1. The minimum atomic E-state index is -0.690. The molecule has 1 N–H and O–H groups in total. The van der Waals surface area contributed by atoms with Gasteiger partial charge in [0.1, 0.15) is 5.69 Å². The van der Waals surface area contributed by atoms with Crippen LogP contribution in [0.5, 0.6) is 0 Å². The molecule has 28 heavy (non-hydrogen) atoms. The first kappa shape index (κ1) is 18.7. The number of carbonyl (C=O) groups excluding carboxylic acids is 2. The van der Waals surface area contributed by atoms with Crippen LogP contribution in [0, 0.1) is 10.8 Å². The van der Waals surface area contributed by atoms with Crippen molar-refractivity contribution in [1.29, 1.82) is 0 Å². The number of likely N-dealkylation sites (tertiary alicyclic amines) is 1. The van der Waals surface area contributed by atoms with Gasteiger partial charge in [-0.3, -0.25) is 9.59 Å². The van der Waals surface area contributed by atoms with Gasteiger partial charge in [0.05, 0.1) is 0 Å². The lowest BCUT2D eigenvalue weighted by molar-refractivity contribution is -0.135. The zero-order valence-corrected chi connectivity index (χ0v) is 16.6. The van der Waals surface area contributed by atoms with Crippen LogP contribution in [0.1, 0.15) is 50.5 Å². The van der Waals surface area contributed by atoms with Gasteiger partial charge >= 0.3 is 5.97 Å². The summed E-state index contributed by atoms with van der Waals surface area (Å²) in [6.45, 7) is 7.15. The van der Waals surface area contributed by atoms with E-state index in [1.165, 1.54) is 6.07 Å². The summed E-state index contributed by atoms with van der Waals surface area (Å²) >= 11 is 0. The van der Waals surface area contributed by atoms with Gasteiger partial charge in [-0.05, 0) is 42.2 Å². The third kappa shape index (κ3) is 3.43. The van der Waals surface area contributed by atoms with Gasteiger partial charge in [0.15, 0.2) is 12.0 Å². The smallest absolute Gasteiger partial charge is 0.355 e. The van der Waals surface area contributed by atoms with Gasteiger partial charge in [0, 0.05) is 29.6 Å². The number of carbonyl (C=O) groups is 2. The number of hydrogen-bond acceptors (Lipinski definition) is 4. The number of rotatable bonds is 3. The van der Waals surface area contributed by atoms with E-state index in [-0.39, 0.29) is 40.5 Å². The number of H-pyrrole nitrogens is 1. The van der Waals surface area contributed by atoms with Crippen LogP contribution in [0.25, 0.3) is 10.9 Å². The zero-order chi connectivity index (χ0) is 20.1. The molecule has 2 bridgehead atoms. The summed E-state index contributed by atoms with van der Waals surface area (Å²) in [5, 5.41) is 0.510. The Balaban J connectivity index is 1.44. The van der Waals surface area contributed by atoms with Crippen LogP contribution in [0.2, 0.25) is 0 Å². The highest BCUT2D eigenvalue weighted by atomic mass is 16.5. The number of para-hydroxylation sites is 1. The van der Waals surface area contributed by atoms with Gasteiger partial charge in [-0.25, -0.2) is 4.79 Å². The topological polar surface area (TPSA) is 79.5 Å². The summed E-state index contributed by atoms with van der Waals surface area (Å²) in [6.07, 6.45) is 3.08. The fourth-order valence-electron chi connectivity index (χ4n) is 5.35. The molecule has 0 spiro atoms. The summed E-state index contributed by atoms with van der Waals surface area (Å²) in [6, 6.07) is 8.40. The number of aromatic nitrogens is 1. The Hall–Kier alpha value is -2.63. The quantitative estimate of drug-likeness (QED) is 0.827. The summed E-state index contributed by atoms with van der Waals surface area (Å²) in [5.41, 5.74) is 0.724. The molecule has 2 fully saturated rings. The number of amides is 1. The average molecular weight is 382 g/mol. The number of pyridine rings is 1. The maximum Gasteiger partial charge on any atom is 0.355 e. The largest absolute Gasteiger partial charge is 0.451 e. The lowest BCUT2D eigenvalue weighted by Crippen LogP contribution is -2.39. The first-order valence-corrected chi connectivity index (χ1v) is 9.75. The van der Waals surface area contributed by atoms with Crippen molar-refractivity contribution >= 4 is 22.8 Å². The first-order valence-electron chi connectivity index (χ1n) is 9.75. The molecule has 1 amide bonds. The van der Waals surface area contributed by atoms with Gasteiger partial charge < -0.3 is 14.6 Å². The van der Waals surface area contributed by atoms with Gasteiger partial charge in [0.2, 0.25) is 0 Å². The van der Waals surface area contributed by atoms with Gasteiger partial charge in [-0.2, -0.15) is 0 Å². The van der Waals surface area contributed by atoms with E-state index in [4.69, 9.17) is 4.74 Å². The standard InChI is InChI=1S/C22H26N2O4/c1-21(2)9-14-10-22(3,12-21)13-24(14)19(26)11-28-20(27)17-8-18(25)15-6-4-5-7-16(15)23-17/h4-8,14H,9-13H2,1-3H3,(H,23,25)/t14-,22+/m1/s1. The second-order valence-corrected chi connectivity index (χ2v) is 9.40. The summed E-state index contributed by atoms with van der Waals surface area (Å²) in [4.78, 5) is 42.1. The minimum Gasteiger partial charge on any atom is -0.451 e. The molecule has 1 aliphatic carbocycles. The molecule has 148 valence electrons. The van der Waals surface area contributed by atoms with Gasteiger partial charge in [-0.1, -0.05) is 32.9 Å². The fraction of sp³-hybridized carbons (Fsp3) is 0.500. The van der Waals surface area contributed by atoms with E-state index < -0.39 is 5.97 Å². The van der Waals surface area contributed by atoms with Crippen molar-refractivity contribution in [2.45, 2.75) is 46.1 Å². The van der Waals surface area contributed by atoms with Gasteiger partial charge in [-0.15, -0.1) is 0 Å². The van der Waals surface area contributed by atoms with Crippen molar-refractivity contribution in [2.75, 3.05) is 13.2 Å². The number of aromatic amines is 1. The van der Waals surface area contributed by atoms with E-state index in [0.29, 0.717) is 17.4 Å². The zero-order valence-electron chi connectivity index (χ0n) is 16.6. The SMILES string of the molecule is CC1(C)C[C@@H]2C[C@](C)(CN2C(=O)COC(=O)c2cc(=O)c3ccccc3[nH]2)C1. The molecule has 2 atom stereocenters. The summed E-state index contributed by atoms with van der Waals surface area (Å²) in [7, 11) is 0. The molecule has 0 radical (unpaired) electrons. The number of hydrogen-bond donors (Lipinski definition) is 1. The Morgan fingerprint density at radius 2 is 1.96 bits per heavy atom. The average Bonchev–Trinajstić information content (AvgIpc) is 2.88. The summed E-state index contributed by atoms with van der Waals surface area (Å²) in [5.74, 6) is -0.854. The molecule has 0 unspecified atom stereocenters. The van der Waals surface area contributed by atoms with Crippen molar-refractivity contribution in [3.05, 3.63) is 46.2 Å². The monoisotopic (exact) mass is 382 g/mol. The first-order chi connectivity index (χ1) is 13.2. The minimum absolute atomic E-state index is 0.0600. The molecule has 1 aromatic heterocycles. The molecule has 2 aromatic rings. The van der Waals surface area contributed by atoms with E-state index >= 15 is 0 Å². The molecule has 4 rings (SSSR count). The fourth-order valence-corrected chi connectivity index (χ4v) is 5.35.